The Hall–Kier alpha value is -2.20. The molecule has 0 aliphatic carbocycles. The van der Waals surface area contributed by atoms with E-state index in [1.54, 1.807) is 31.4 Å². The minimum Gasteiger partial charge on any atom is -0.497 e. The molecule has 1 aliphatic heterocycles. The molecule has 1 saturated heterocycles. The third-order valence-corrected chi connectivity index (χ3v) is 4.47. The van der Waals surface area contributed by atoms with Crippen molar-refractivity contribution in [2.45, 2.75) is 18.9 Å². The highest BCUT2D eigenvalue weighted by atomic mass is 35.5. The van der Waals surface area contributed by atoms with E-state index in [1.165, 1.54) is 0 Å². The van der Waals surface area contributed by atoms with Crippen LogP contribution in [0.2, 0.25) is 5.02 Å². The molecule has 1 atom stereocenters. The summed E-state index contributed by atoms with van der Waals surface area (Å²) >= 11 is 5.93. The van der Waals surface area contributed by atoms with Crippen molar-refractivity contribution in [2.24, 2.45) is 0 Å². The highest BCUT2D eigenvalue weighted by Gasteiger charge is 2.30. The highest BCUT2D eigenvalue weighted by Crippen LogP contribution is 2.32. The Kier molecular flexibility index (Phi) is 5.26. The van der Waals surface area contributed by atoms with Crippen LogP contribution in [0.1, 0.15) is 24.4 Å². The van der Waals surface area contributed by atoms with E-state index in [2.05, 4.69) is 0 Å². The zero-order valence-electron chi connectivity index (χ0n) is 13.6. The van der Waals surface area contributed by atoms with Gasteiger partial charge in [-0.25, -0.2) is 0 Å². The summed E-state index contributed by atoms with van der Waals surface area (Å²) in [6.45, 7) is 0.779. The first-order valence-electron chi connectivity index (χ1n) is 7.99. The van der Waals surface area contributed by atoms with Crippen LogP contribution in [-0.4, -0.2) is 31.1 Å². The summed E-state index contributed by atoms with van der Waals surface area (Å²) in [5, 5.41) is 0.595. The zero-order chi connectivity index (χ0) is 16.9. The molecule has 1 aliphatic rings. The largest absolute Gasteiger partial charge is 0.497 e. The van der Waals surface area contributed by atoms with Crippen LogP contribution in [0.3, 0.4) is 0 Å². The fourth-order valence-corrected chi connectivity index (χ4v) is 3.20. The van der Waals surface area contributed by atoms with Crippen LogP contribution in [0, 0.1) is 0 Å². The second-order valence-electron chi connectivity index (χ2n) is 5.76. The molecule has 5 heteroatoms. The van der Waals surface area contributed by atoms with Crippen LogP contribution in [0.5, 0.6) is 11.5 Å². The van der Waals surface area contributed by atoms with Gasteiger partial charge in [-0.3, -0.25) is 4.79 Å². The molecule has 0 spiro atoms. The number of methoxy groups -OCH3 is 1. The molecule has 3 rings (SSSR count). The Morgan fingerprint density at radius 2 is 2.00 bits per heavy atom. The SMILES string of the molecule is COc1ccc(C2CCCN2C(=O)COc2cccc(Cl)c2)cc1. The van der Waals surface area contributed by atoms with Crippen molar-refractivity contribution in [1.29, 1.82) is 0 Å². The highest BCUT2D eigenvalue weighted by molar-refractivity contribution is 6.30. The lowest BCUT2D eigenvalue weighted by molar-refractivity contribution is -0.134. The molecule has 0 N–H and O–H groups in total. The third kappa shape index (κ3) is 3.82. The van der Waals surface area contributed by atoms with Crippen molar-refractivity contribution < 1.29 is 14.3 Å². The monoisotopic (exact) mass is 345 g/mol. The summed E-state index contributed by atoms with van der Waals surface area (Å²) in [6, 6.07) is 15.1. The van der Waals surface area contributed by atoms with Gasteiger partial charge in [0.25, 0.3) is 5.91 Å². The van der Waals surface area contributed by atoms with Gasteiger partial charge in [-0.05, 0) is 48.7 Å². The molecule has 0 bridgehead atoms. The zero-order valence-corrected chi connectivity index (χ0v) is 14.3. The van der Waals surface area contributed by atoms with Gasteiger partial charge in [0.05, 0.1) is 13.2 Å². The first-order chi connectivity index (χ1) is 11.7. The Morgan fingerprint density at radius 3 is 2.71 bits per heavy atom. The standard InChI is InChI=1S/C19H20ClNO3/c1-23-16-9-7-14(8-10-16)18-6-3-11-21(18)19(22)13-24-17-5-2-4-15(20)12-17/h2,4-5,7-10,12,18H,3,6,11,13H2,1H3. The van der Waals surface area contributed by atoms with Crippen LogP contribution in [0.25, 0.3) is 0 Å². The average Bonchev–Trinajstić information content (AvgIpc) is 3.09. The molecule has 0 saturated carbocycles. The first kappa shape index (κ1) is 16.7. The van der Waals surface area contributed by atoms with E-state index in [0.29, 0.717) is 10.8 Å². The van der Waals surface area contributed by atoms with Gasteiger partial charge in [0.15, 0.2) is 6.61 Å². The van der Waals surface area contributed by atoms with Crippen molar-refractivity contribution in [2.75, 3.05) is 20.3 Å². The van der Waals surface area contributed by atoms with Crippen LogP contribution in [0.15, 0.2) is 48.5 Å². The van der Waals surface area contributed by atoms with E-state index in [0.717, 1.165) is 30.7 Å². The summed E-state index contributed by atoms with van der Waals surface area (Å²) in [7, 11) is 1.65. The summed E-state index contributed by atoms with van der Waals surface area (Å²) in [5.41, 5.74) is 1.13. The number of hydrogen-bond donors (Lipinski definition) is 0. The fourth-order valence-electron chi connectivity index (χ4n) is 3.02. The average molecular weight is 346 g/mol. The van der Waals surface area contributed by atoms with Gasteiger partial charge >= 0.3 is 0 Å². The topological polar surface area (TPSA) is 38.8 Å². The van der Waals surface area contributed by atoms with Crippen LogP contribution >= 0.6 is 11.6 Å². The lowest BCUT2D eigenvalue weighted by atomic mass is 10.0. The molecule has 1 heterocycles. The third-order valence-electron chi connectivity index (χ3n) is 4.23. The number of likely N-dealkylation sites (tertiary alicyclic amines) is 1. The minimum atomic E-state index is -0.00621. The lowest BCUT2D eigenvalue weighted by Gasteiger charge is -2.25. The van der Waals surface area contributed by atoms with E-state index < -0.39 is 0 Å². The van der Waals surface area contributed by atoms with Crippen LogP contribution in [-0.2, 0) is 4.79 Å². The molecule has 24 heavy (non-hydrogen) atoms. The molecule has 126 valence electrons. The summed E-state index contributed by atoms with van der Waals surface area (Å²) < 4.78 is 10.8. The molecular formula is C19H20ClNO3. The number of rotatable bonds is 5. The van der Waals surface area contributed by atoms with E-state index in [9.17, 15) is 4.79 Å². The Bertz CT molecular complexity index is 702. The maximum atomic E-state index is 12.6. The van der Waals surface area contributed by atoms with Crippen LogP contribution in [0.4, 0.5) is 0 Å². The van der Waals surface area contributed by atoms with Crippen molar-refractivity contribution in [3.8, 4) is 11.5 Å². The molecule has 1 unspecified atom stereocenters. The van der Waals surface area contributed by atoms with Gasteiger partial charge in [-0.15, -0.1) is 0 Å². The maximum absolute atomic E-state index is 12.6. The number of hydrogen-bond acceptors (Lipinski definition) is 3. The summed E-state index contributed by atoms with van der Waals surface area (Å²) in [4.78, 5) is 14.4. The number of carbonyl (C=O) groups is 1. The molecule has 1 amide bonds. The Morgan fingerprint density at radius 1 is 1.21 bits per heavy atom. The number of benzene rings is 2. The predicted octanol–water partition coefficient (Wildman–Crippen LogP) is 4.09. The van der Waals surface area contributed by atoms with Gasteiger partial charge in [0, 0.05) is 11.6 Å². The number of halogens is 1. The lowest BCUT2D eigenvalue weighted by Crippen LogP contribution is -2.34. The fraction of sp³-hybridized carbons (Fsp3) is 0.316. The number of amides is 1. The molecule has 2 aromatic carbocycles. The Labute approximate surface area is 146 Å². The molecular weight excluding hydrogens is 326 g/mol. The van der Waals surface area contributed by atoms with Gasteiger partial charge in [-0.2, -0.15) is 0 Å². The summed E-state index contributed by atoms with van der Waals surface area (Å²) in [5.74, 6) is 1.42. The van der Waals surface area contributed by atoms with Gasteiger partial charge < -0.3 is 14.4 Å². The van der Waals surface area contributed by atoms with E-state index in [-0.39, 0.29) is 18.6 Å². The van der Waals surface area contributed by atoms with Gasteiger partial charge in [0.1, 0.15) is 11.5 Å². The number of nitrogens with zero attached hydrogens (tertiary/aromatic N) is 1. The van der Waals surface area contributed by atoms with Crippen molar-refractivity contribution in [1.82, 2.24) is 4.90 Å². The van der Waals surface area contributed by atoms with Crippen molar-refractivity contribution in [3.63, 3.8) is 0 Å². The number of carbonyl (C=O) groups excluding carboxylic acids is 1. The quantitative estimate of drug-likeness (QED) is 0.819. The second kappa shape index (κ2) is 7.58. The van der Waals surface area contributed by atoms with E-state index >= 15 is 0 Å². The van der Waals surface area contributed by atoms with Gasteiger partial charge in [-0.1, -0.05) is 29.8 Å². The van der Waals surface area contributed by atoms with E-state index in [4.69, 9.17) is 21.1 Å². The van der Waals surface area contributed by atoms with Crippen molar-refractivity contribution in [3.05, 3.63) is 59.1 Å². The normalized spacial score (nSPS) is 16.9. The molecule has 0 radical (unpaired) electrons. The second-order valence-corrected chi connectivity index (χ2v) is 6.20. The Balaban J connectivity index is 1.64. The van der Waals surface area contributed by atoms with Crippen LogP contribution < -0.4 is 9.47 Å². The van der Waals surface area contributed by atoms with Gasteiger partial charge in [0.2, 0.25) is 0 Å². The molecule has 1 fully saturated rings. The molecule has 2 aromatic rings. The smallest absolute Gasteiger partial charge is 0.261 e. The molecule has 4 nitrogen and oxygen atoms in total. The maximum Gasteiger partial charge on any atom is 0.261 e. The first-order valence-corrected chi connectivity index (χ1v) is 8.37. The van der Waals surface area contributed by atoms with E-state index in [1.807, 2.05) is 29.2 Å². The summed E-state index contributed by atoms with van der Waals surface area (Å²) in [6.07, 6.45) is 1.97. The predicted molar refractivity (Wildman–Crippen MR) is 93.6 cm³/mol. The van der Waals surface area contributed by atoms with Crippen molar-refractivity contribution >= 4 is 17.5 Å². The molecule has 0 aromatic heterocycles. The number of ether oxygens (including phenoxy) is 2. The minimum absolute atomic E-state index is 0.00621.